The van der Waals surface area contributed by atoms with Crippen molar-refractivity contribution in [1.29, 1.82) is 0 Å². The number of allylic oxidation sites excluding steroid dienone is 4. The van der Waals surface area contributed by atoms with Crippen LogP contribution in [0.2, 0.25) is 18.6 Å². The van der Waals surface area contributed by atoms with E-state index >= 15 is 0 Å². The summed E-state index contributed by atoms with van der Waals surface area (Å²) in [6, 6.07) is 17.3. The third-order valence-electron chi connectivity index (χ3n) is 6.54. The van der Waals surface area contributed by atoms with Crippen LogP contribution in [0.25, 0.3) is 5.32 Å². The molecule has 158 valence electrons. The van der Waals surface area contributed by atoms with Gasteiger partial charge in [-0.1, -0.05) is 80.2 Å². The van der Waals surface area contributed by atoms with Crippen molar-refractivity contribution in [3.63, 3.8) is 0 Å². The zero-order chi connectivity index (χ0) is 20.4. The molecule has 6 heteroatoms. The van der Waals surface area contributed by atoms with Crippen molar-refractivity contribution in [2.24, 2.45) is 11.8 Å². The first kappa shape index (κ1) is 23.7. The number of halogens is 2. The molecule has 0 bridgehead atoms. The molecular weight excluding hydrogens is 463 g/mol. The summed E-state index contributed by atoms with van der Waals surface area (Å²) in [7, 11) is 7.99. The van der Waals surface area contributed by atoms with Gasteiger partial charge in [0.2, 0.25) is 0 Å². The summed E-state index contributed by atoms with van der Waals surface area (Å²) in [5.74, 6) is 1.43. The molecule has 30 heavy (non-hydrogen) atoms. The van der Waals surface area contributed by atoms with E-state index in [9.17, 15) is 0 Å². The number of para-hydroxylation sites is 4. The summed E-state index contributed by atoms with van der Waals surface area (Å²) in [4.78, 5) is 0. The van der Waals surface area contributed by atoms with E-state index in [-0.39, 0.29) is 7.43 Å². The quantitative estimate of drug-likeness (QED) is 0.303. The average molecular weight is 491 g/mol. The number of anilines is 2. The molecule has 2 nitrogen and oxygen atoms in total. The number of rotatable bonds is 2. The zero-order valence-corrected chi connectivity index (χ0v) is 21.8. The van der Waals surface area contributed by atoms with Gasteiger partial charge in [0.25, 0.3) is 0 Å². The van der Waals surface area contributed by atoms with Crippen LogP contribution >= 0.6 is 18.6 Å². The van der Waals surface area contributed by atoms with Gasteiger partial charge in [0.1, 0.15) is 0 Å². The average Bonchev–Trinajstić information content (AvgIpc) is 3.17. The standard InChI is InChI=1S/C23H25N2Si.CH3.2ClH.Ti/c1-26(2,23-16-15-17-9-3-4-10-18(17)23)25-21-13-7-5-11-19(21)24-20-12-6-8-14-22(20)25;;;;/h3-14,17-18,23H,15-16H2,1-2H3;1H3;2*1H;/q2*-1;;;+2/p-2. The molecular formula is C24H28Cl2N2SiTi-2. The minimum absolute atomic E-state index is 0. The van der Waals surface area contributed by atoms with Crippen LogP contribution in [0.3, 0.4) is 0 Å². The van der Waals surface area contributed by atoms with Crippen LogP contribution in [0.4, 0.5) is 22.7 Å². The van der Waals surface area contributed by atoms with E-state index in [1.807, 2.05) is 0 Å². The van der Waals surface area contributed by atoms with Crippen molar-refractivity contribution in [2.45, 2.75) is 31.5 Å². The Balaban J connectivity index is 0.000000606. The Labute approximate surface area is 199 Å². The maximum atomic E-state index is 4.94. The predicted octanol–water partition coefficient (Wildman–Crippen LogP) is 9.03. The van der Waals surface area contributed by atoms with Gasteiger partial charge in [0.05, 0.1) is 0 Å². The van der Waals surface area contributed by atoms with Gasteiger partial charge >= 0.3 is 35.6 Å². The second-order valence-corrected chi connectivity index (χ2v) is 15.4. The number of benzene rings is 2. The van der Waals surface area contributed by atoms with Crippen LogP contribution in [0, 0.1) is 19.3 Å². The van der Waals surface area contributed by atoms with E-state index in [0.29, 0.717) is 5.92 Å². The Kier molecular flexibility index (Phi) is 7.98. The predicted molar refractivity (Wildman–Crippen MR) is 132 cm³/mol. The van der Waals surface area contributed by atoms with Crippen molar-refractivity contribution in [2.75, 3.05) is 4.57 Å². The molecule has 1 heterocycles. The van der Waals surface area contributed by atoms with Gasteiger partial charge in [-0.2, -0.15) is 0 Å². The minimum atomic E-state index is -1.79. The first-order chi connectivity index (χ1) is 14.1. The molecule has 2 aromatic carbocycles. The van der Waals surface area contributed by atoms with E-state index in [1.54, 1.807) is 0 Å². The van der Waals surface area contributed by atoms with E-state index in [4.69, 9.17) is 23.9 Å². The molecule has 1 aliphatic heterocycles. The van der Waals surface area contributed by atoms with Gasteiger partial charge in [-0.3, -0.25) is 0 Å². The Morgan fingerprint density at radius 3 is 2.03 bits per heavy atom. The normalized spacial score (nSPS) is 23.1. The Morgan fingerprint density at radius 2 is 1.43 bits per heavy atom. The van der Waals surface area contributed by atoms with Crippen LogP contribution in [0.1, 0.15) is 12.8 Å². The molecule has 0 aromatic heterocycles. The fourth-order valence-corrected chi connectivity index (χ4v) is 9.45. The van der Waals surface area contributed by atoms with Crippen LogP contribution in [0.5, 0.6) is 0 Å². The number of hydrogen-bond acceptors (Lipinski definition) is 1. The molecule has 3 unspecified atom stereocenters. The molecule has 3 atom stereocenters. The van der Waals surface area contributed by atoms with Crippen LogP contribution < -0.4 is 4.57 Å². The second-order valence-electron chi connectivity index (χ2n) is 8.34. The van der Waals surface area contributed by atoms with E-state index in [2.05, 4.69) is 90.5 Å². The summed E-state index contributed by atoms with van der Waals surface area (Å²) in [5, 5.41) is 4.94. The van der Waals surface area contributed by atoms with Crippen LogP contribution in [0.15, 0.2) is 72.8 Å². The SMILES string of the molecule is C[Si](C)(C1CCC2C=CC=CC21)N1c2ccccc2[N-]c2ccccc21.[CH3-].[Cl][Ti][Cl]. The van der Waals surface area contributed by atoms with Crippen molar-refractivity contribution in [3.05, 3.63) is 85.6 Å². The van der Waals surface area contributed by atoms with E-state index in [1.165, 1.54) is 24.2 Å². The fourth-order valence-electron chi connectivity index (χ4n) is 5.32. The van der Waals surface area contributed by atoms with E-state index in [0.717, 1.165) is 22.8 Å². The Bertz CT molecular complexity index is 885. The van der Waals surface area contributed by atoms with Gasteiger partial charge < -0.3 is 17.3 Å². The number of fused-ring (bicyclic) bond motifs is 3. The second kappa shape index (κ2) is 10.1. The van der Waals surface area contributed by atoms with Gasteiger partial charge in [-0.25, -0.2) is 0 Å². The Morgan fingerprint density at radius 1 is 0.900 bits per heavy atom. The molecule has 5 rings (SSSR count). The van der Waals surface area contributed by atoms with Gasteiger partial charge in [-0.05, 0) is 35.9 Å². The molecule has 1 saturated carbocycles. The third-order valence-corrected chi connectivity index (χ3v) is 10.7. The molecule has 0 radical (unpaired) electrons. The van der Waals surface area contributed by atoms with Gasteiger partial charge in [0.15, 0.2) is 8.24 Å². The van der Waals surface area contributed by atoms with Crippen molar-refractivity contribution >= 4 is 49.6 Å². The summed E-state index contributed by atoms with van der Waals surface area (Å²) in [5.41, 5.74) is 5.57. The van der Waals surface area contributed by atoms with Gasteiger partial charge in [0, 0.05) is 11.4 Å². The molecule has 0 spiro atoms. The molecule has 2 aromatic rings. The topological polar surface area (TPSA) is 17.3 Å². The number of hydrogen-bond donors (Lipinski definition) is 0. The zero-order valence-electron chi connectivity index (χ0n) is 17.7. The fraction of sp³-hybridized carbons (Fsp3) is 0.292. The monoisotopic (exact) mass is 490 g/mol. The molecule has 0 amide bonds. The van der Waals surface area contributed by atoms with Crippen molar-refractivity contribution in [3.8, 4) is 0 Å². The van der Waals surface area contributed by atoms with Crippen LogP contribution in [-0.4, -0.2) is 8.24 Å². The molecule has 0 N–H and O–H groups in total. The van der Waals surface area contributed by atoms with E-state index < -0.39 is 25.3 Å². The summed E-state index contributed by atoms with van der Waals surface area (Å²) in [6.45, 7) is 5.12. The molecule has 0 saturated heterocycles. The first-order valence-corrected chi connectivity index (χ1v) is 17.4. The van der Waals surface area contributed by atoms with Crippen molar-refractivity contribution < 1.29 is 17.0 Å². The van der Waals surface area contributed by atoms with Crippen LogP contribution in [-0.2, 0) is 17.0 Å². The third kappa shape index (κ3) is 4.33. The van der Waals surface area contributed by atoms with Gasteiger partial charge in [-0.15, -0.1) is 11.4 Å². The Hall–Kier alpha value is -0.969. The first-order valence-electron chi connectivity index (χ1n) is 10.1. The molecule has 2 aliphatic carbocycles. The maximum absolute atomic E-state index is 4.94. The number of nitrogens with zero attached hydrogens (tertiary/aromatic N) is 2. The summed E-state index contributed by atoms with van der Waals surface area (Å²) < 4.78 is 2.70. The van der Waals surface area contributed by atoms with Crippen molar-refractivity contribution in [1.82, 2.24) is 0 Å². The summed E-state index contributed by atoms with van der Waals surface area (Å²) in [6.07, 6.45) is 12.1. The molecule has 3 aliphatic rings. The molecule has 1 fully saturated rings. The summed E-state index contributed by atoms with van der Waals surface area (Å²) >= 11 is -0.556.